The van der Waals surface area contributed by atoms with E-state index >= 15 is 0 Å². The van der Waals surface area contributed by atoms with Crippen molar-refractivity contribution in [3.8, 4) is 5.75 Å². The molecule has 2 N–H and O–H groups in total. The molecular weight excluding hydrogens is 311 g/mol. The molecule has 1 saturated heterocycles. The van der Waals surface area contributed by atoms with Crippen LogP contribution in [0.5, 0.6) is 5.75 Å². The molecule has 0 radical (unpaired) electrons. The summed E-state index contributed by atoms with van der Waals surface area (Å²) in [5, 5.41) is 9.98. The van der Waals surface area contributed by atoms with Crippen molar-refractivity contribution in [3.63, 3.8) is 0 Å². The maximum atomic E-state index is 14.4. The molecule has 1 aromatic heterocycles. The Kier molecular flexibility index (Phi) is 4.44. The zero-order chi connectivity index (χ0) is 16.4. The Hall–Kier alpha value is -1.99. The van der Waals surface area contributed by atoms with Gasteiger partial charge in [0.05, 0.1) is 12.2 Å². The molecule has 2 fully saturated rings. The van der Waals surface area contributed by atoms with E-state index in [1.54, 1.807) is 12.1 Å². The molecule has 24 heavy (non-hydrogen) atoms. The molecule has 4 rings (SSSR count). The van der Waals surface area contributed by atoms with E-state index < -0.39 is 0 Å². The van der Waals surface area contributed by atoms with E-state index in [9.17, 15) is 4.39 Å². The van der Waals surface area contributed by atoms with Crippen LogP contribution in [0.1, 0.15) is 43.2 Å². The fourth-order valence-electron chi connectivity index (χ4n) is 2.94. The van der Waals surface area contributed by atoms with E-state index in [4.69, 9.17) is 9.47 Å². The van der Waals surface area contributed by atoms with Gasteiger partial charge in [-0.15, -0.1) is 0 Å². The number of ether oxygens (including phenoxy) is 2. The summed E-state index contributed by atoms with van der Waals surface area (Å²) in [5.74, 6) is 0.872. The number of aromatic amines is 1. The third-order valence-electron chi connectivity index (χ3n) is 4.39. The van der Waals surface area contributed by atoms with Crippen LogP contribution < -0.4 is 10.1 Å². The number of nitrogens with one attached hydrogen (secondary N) is 2. The molecule has 1 aliphatic carbocycles. The Morgan fingerprint density at radius 3 is 3.00 bits per heavy atom. The summed E-state index contributed by atoms with van der Waals surface area (Å²) in [4.78, 5) is 4.13. The fraction of sp³-hybridized carbons (Fsp3) is 0.529. The zero-order valence-corrected chi connectivity index (χ0v) is 13.4. The van der Waals surface area contributed by atoms with Crippen LogP contribution in [0.25, 0.3) is 0 Å². The molecule has 2 atom stereocenters. The van der Waals surface area contributed by atoms with Crippen molar-refractivity contribution in [2.75, 3.05) is 6.54 Å². The lowest BCUT2D eigenvalue weighted by molar-refractivity contribution is 0.0400. The van der Waals surface area contributed by atoms with Crippen LogP contribution in [-0.4, -0.2) is 33.9 Å². The van der Waals surface area contributed by atoms with Crippen LogP contribution in [-0.2, 0) is 11.3 Å². The summed E-state index contributed by atoms with van der Waals surface area (Å²) in [5.41, 5.74) is 0.623. The Bertz CT molecular complexity index is 675. The Morgan fingerprint density at radius 2 is 2.21 bits per heavy atom. The van der Waals surface area contributed by atoms with Gasteiger partial charge in [-0.25, -0.2) is 9.37 Å². The standard InChI is InChI=1S/C17H21FN4O2/c18-16-11(2-1-3-14(16)23-12-4-5-12)8-19-9-13-6-7-15(24-13)17-20-10-21-22-17/h1-3,10,12-13,15,19H,4-9H2,(H,20,21,22)/t13-,15+/m1/s1. The summed E-state index contributed by atoms with van der Waals surface area (Å²) in [6.07, 6.45) is 5.68. The van der Waals surface area contributed by atoms with Crippen molar-refractivity contribution in [2.24, 2.45) is 0 Å². The highest BCUT2D eigenvalue weighted by atomic mass is 19.1. The van der Waals surface area contributed by atoms with Gasteiger partial charge in [-0.1, -0.05) is 12.1 Å². The third-order valence-corrected chi connectivity index (χ3v) is 4.39. The quantitative estimate of drug-likeness (QED) is 0.815. The summed E-state index contributed by atoms with van der Waals surface area (Å²) >= 11 is 0. The average molecular weight is 332 g/mol. The maximum absolute atomic E-state index is 14.4. The van der Waals surface area contributed by atoms with Gasteiger partial charge in [-0.2, -0.15) is 5.10 Å². The predicted octanol–water partition coefficient (Wildman–Crippen LogP) is 2.49. The van der Waals surface area contributed by atoms with Crippen molar-refractivity contribution >= 4 is 0 Å². The van der Waals surface area contributed by atoms with Crippen LogP contribution >= 0.6 is 0 Å². The molecule has 6 nitrogen and oxygen atoms in total. The van der Waals surface area contributed by atoms with Crippen LogP contribution in [0.15, 0.2) is 24.5 Å². The second kappa shape index (κ2) is 6.86. The summed E-state index contributed by atoms with van der Waals surface area (Å²) < 4.78 is 25.9. The van der Waals surface area contributed by atoms with Gasteiger partial charge in [0.25, 0.3) is 0 Å². The minimum atomic E-state index is -0.260. The van der Waals surface area contributed by atoms with Gasteiger partial charge in [0.1, 0.15) is 12.4 Å². The van der Waals surface area contributed by atoms with Crippen molar-refractivity contribution in [3.05, 3.63) is 41.7 Å². The monoisotopic (exact) mass is 332 g/mol. The van der Waals surface area contributed by atoms with Crippen molar-refractivity contribution in [1.82, 2.24) is 20.5 Å². The van der Waals surface area contributed by atoms with Gasteiger partial charge in [0, 0.05) is 18.7 Å². The third kappa shape index (κ3) is 3.57. The molecule has 1 aliphatic heterocycles. The molecule has 128 valence electrons. The van der Waals surface area contributed by atoms with E-state index in [2.05, 4.69) is 20.5 Å². The first-order valence-electron chi connectivity index (χ1n) is 8.45. The van der Waals surface area contributed by atoms with Crippen LogP contribution in [0.3, 0.4) is 0 Å². The largest absolute Gasteiger partial charge is 0.487 e. The number of rotatable bonds is 7. The number of hydrogen-bond donors (Lipinski definition) is 2. The predicted molar refractivity (Wildman–Crippen MR) is 85.0 cm³/mol. The molecule has 0 bridgehead atoms. The molecule has 1 aromatic carbocycles. The first-order valence-corrected chi connectivity index (χ1v) is 8.45. The number of nitrogens with zero attached hydrogens (tertiary/aromatic N) is 2. The van der Waals surface area contributed by atoms with Gasteiger partial charge in [-0.3, -0.25) is 5.10 Å². The Labute approximate surface area is 139 Å². The Morgan fingerprint density at radius 1 is 1.29 bits per heavy atom. The lowest BCUT2D eigenvalue weighted by Gasteiger charge is -2.14. The van der Waals surface area contributed by atoms with Crippen molar-refractivity contribution in [2.45, 2.75) is 50.5 Å². The molecule has 0 unspecified atom stereocenters. The first kappa shape index (κ1) is 15.5. The van der Waals surface area contributed by atoms with Crippen molar-refractivity contribution in [1.29, 1.82) is 0 Å². The number of hydrogen-bond acceptors (Lipinski definition) is 5. The number of H-pyrrole nitrogens is 1. The zero-order valence-electron chi connectivity index (χ0n) is 13.4. The number of aromatic nitrogens is 3. The van der Waals surface area contributed by atoms with E-state index in [-0.39, 0.29) is 24.1 Å². The topological polar surface area (TPSA) is 72.1 Å². The van der Waals surface area contributed by atoms with E-state index in [1.165, 1.54) is 6.33 Å². The van der Waals surface area contributed by atoms with Gasteiger partial charge >= 0.3 is 0 Å². The fourth-order valence-corrected chi connectivity index (χ4v) is 2.94. The minimum Gasteiger partial charge on any atom is -0.487 e. The number of benzene rings is 1. The highest BCUT2D eigenvalue weighted by Gasteiger charge is 2.28. The molecule has 1 saturated carbocycles. The van der Waals surface area contributed by atoms with Crippen LogP contribution in [0, 0.1) is 5.82 Å². The molecule has 2 aromatic rings. The van der Waals surface area contributed by atoms with Crippen LogP contribution in [0.4, 0.5) is 4.39 Å². The van der Waals surface area contributed by atoms with Gasteiger partial charge < -0.3 is 14.8 Å². The van der Waals surface area contributed by atoms with E-state index in [0.29, 0.717) is 24.4 Å². The molecule has 2 aliphatic rings. The minimum absolute atomic E-state index is 0.0219. The van der Waals surface area contributed by atoms with E-state index in [1.807, 2.05) is 6.07 Å². The van der Waals surface area contributed by atoms with Crippen LogP contribution in [0.2, 0.25) is 0 Å². The smallest absolute Gasteiger partial charge is 0.169 e. The molecule has 0 spiro atoms. The first-order chi connectivity index (χ1) is 11.8. The van der Waals surface area contributed by atoms with Crippen molar-refractivity contribution < 1.29 is 13.9 Å². The SMILES string of the molecule is Fc1c(CNC[C@H]2CC[C@@H](c3ncn[nH]3)O2)cccc1OC1CC1. The highest BCUT2D eigenvalue weighted by molar-refractivity contribution is 5.31. The average Bonchev–Trinajstić information content (AvgIpc) is 3.05. The molecule has 7 heteroatoms. The molecule has 0 amide bonds. The second-order valence-electron chi connectivity index (χ2n) is 6.37. The maximum Gasteiger partial charge on any atom is 0.169 e. The van der Waals surface area contributed by atoms with E-state index in [0.717, 1.165) is 31.5 Å². The summed E-state index contributed by atoms with van der Waals surface area (Å²) in [7, 11) is 0. The Balaban J connectivity index is 1.27. The van der Waals surface area contributed by atoms with Gasteiger partial charge in [0.15, 0.2) is 17.4 Å². The summed E-state index contributed by atoms with van der Waals surface area (Å²) in [6.45, 7) is 1.14. The van der Waals surface area contributed by atoms with Gasteiger partial charge in [0.2, 0.25) is 0 Å². The second-order valence-corrected chi connectivity index (χ2v) is 6.37. The lowest BCUT2D eigenvalue weighted by Crippen LogP contribution is -2.26. The molecular formula is C17H21FN4O2. The normalized spacial score (nSPS) is 23.5. The summed E-state index contributed by atoms with van der Waals surface area (Å²) in [6, 6.07) is 5.32. The number of halogens is 1. The van der Waals surface area contributed by atoms with Gasteiger partial charge in [-0.05, 0) is 31.7 Å². The highest BCUT2D eigenvalue weighted by Crippen LogP contribution is 2.31. The lowest BCUT2D eigenvalue weighted by atomic mass is 10.1. The molecule has 2 heterocycles.